The molecule has 1 aromatic carbocycles. The number of benzene rings is 1. The van der Waals surface area contributed by atoms with Gasteiger partial charge in [-0.25, -0.2) is 0 Å². The number of aliphatic hydroxyl groups is 3. The predicted octanol–water partition coefficient (Wildman–Crippen LogP) is 5.27. The monoisotopic (exact) mass is 429 g/mol. The highest BCUT2D eigenvalue weighted by Gasteiger charge is 2.17. The highest BCUT2D eigenvalue weighted by molar-refractivity contribution is 7.17. The van der Waals surface area contributed by atoms with Crippen molar-refractivity contribution in [3.8, 4) is 0 Å². The Kier molecular flexibility index (Phi) is 9.31. The van der Waals surface area contributed by atoms with E-state index in [1.165, 1.54) is 15.5 Å². The summed E-state index contributed by atoms with van der Waals surface area (Å²) < 4.78 is 0. The lowest BCUT2D eigenvalue weighted by Crippen LogP contribution is -2.22. The summed E-state index contributed by atoms with van der Waals surface area (Å²) in [5.74, 6) is 0. The van der Waals surface area contributed by atoms with Crippen LogP contribution in [-0.2, 0) is 19.8 Å². The number of rotatable bonds is 11. The number of nitrogens with zero attached hydrogens (tertiary/aromatic N) is 1. The van der Waals surface area contributed by atoms with Crippen LogP contribution in [0.4, 0.5) is 5.00 Å². The Bertz CT molecular complexity index is 865. The van der Waals surface area contributed by atoms with E-state index < -0.39 is 5.60 Å². The maximum atomic E-state index is 10.4. The fourth-order valence-electron chi connectivity index (χ4n) is 3.34. The van der Waals surface area contributed by atoms with Gasteiger partial charge in [-0.05, 0) is 53.7 Å². The van der Waals surface area contributed by atoms with Gasteiger partial charge in [-0.2, -0.15) is 0 Å². The molecule has 0 aliphatic heterocycles. The molecule has 0 fully saturated rings. The largest absolute Gasteiger partial charge is 0.392 e. The van der Waals surface area contributed by atoms with Gasteiger partial charge in [0.05, 0.1) is 23.8 Å². The van der Waals surface area contributed by atoms with Crippen molar-refractivity contribution in [3.63, 3.8) is 0 Å². The lowest BCUT2D eigenvalue weighted by atomic mass is 9.97. The SMILES string of the molecule is CC/C(=C\C=C\C(O)(CC)CC)c1ccc(N(C)Cc2ccc(CO)c(CO)c2)s1. The molecule has 0 amide bonds. The van der Waals surface area contributed by atoms with E-state index >= 15 is 0 Å². The molecule has 30 heavy (non-hydrogen) atoms. The molecule has 3 N–H and O–H groups in total. The lowest BCUT2D eigenvalue weighted by molar-refractivity contribution is 0.0828. The second kappa shape index (κ2) is 11.5. The molecule has 2 rings (SSSR count). The number of thiophene rings is 1. The number of allylic oxidation sites excluding steroid dienone is 3. The molecule has 1 aromatic heterocycles. The molecule has 0 aliphatic rings. The zero-order chi connectivity index (χ0) is 22.1. The van der Waals surface area contributed by atoms with E-state index in [9.17, 15) is 15.3 Å². The molecule has 4 nitrogen and oxygen atoms in total. The van der Waals surface area contributed by atoms with Crippen molar-refractivity contribution in [1.82, 2.24) is 0 Å². The maximum Gasteiger partial charge on any atom is 0.0915 e. The lowest BCUT2D eigenvalue weighted by Gasteiger charge is -2.20. The zero-order valence-electron chi connectivity index (χ0n) is 18.6. The third-order valence-corrected chi connectivity index (χ3v) is 6.90. The first-order chi connectivity index (χ1) is 14.4. The Morgan fingerprint density at radius 3 is 2.33 bits per heavy atom. The van der Waals surface area contributed by atoms with Crippen LogP contribution in [0.2, 0.25) is 0 Å². The van der Waals surface area contributed by atoms with Crippen LogP contribution in [0.3, 0.4) is 0 Å². The van der Waals surface area contributed by atoms with E-state index in [0.29, 0.717) is 12.8 Å². The summed E-state index contributed by atoms with van der Waals surface area (Å²) in [6.07, 6.45) is 8.33. The topological polar surface area (TPSA) is 63.9 Å². The minimum atomic E-state index is -0.727. The van der Waals surface area contributed by atoms with Gasteiger partial charge in [-0.15, -0.1) is 11.3 Å². The van der Waals surface area contributed by atoms with Gasteiger partial charge in [-0.3, -0.25) is 0 Å². The van der Waals surface area contributed by atoms with E-state index in [2.05, 4.69) is 37.1 Å². The molecule has 0 unspecified atom stereocenters. The minimum absolute atomic E-state index is 0.0607. The van der Waals surface area contributed by atoms with Crippen molar-refractivity contribution in [2.75, 3.05) is 11.9 Å². The normalized spacial score (nSPS) is 12.7. The van der Waals surface area contributed by atoms with E-state index in [0.717, 1.165) is 29.7 Å². The molecule has 0 bridgehead atoms. The van der Waals surface area contributed by atoms with Gasteiger partial charge in [0.2, 0.25) is 0 Å². The molecule has 2 aromatic rings. The van der Waals surface area contributed by atoms with Gasteiger partial charge in [0, 0.05) is 18.5 Å². The van der Waals surface area contributed by atoms with E-state index in [1.54, 1.807) is 11.3 Å². The second-order valence-corrected chi connectivity index (χ2v) is 8.69. The number of hydrogen-bond donors (Lipinski definition) is 3. The van der Waals surface area contributed by atoms with E-state index in [4.69, 9.17) is 0 Å². The summed E-state index contributed by atoms with van der Waals surface area (Å²) in [6.45, 7) is 6.74. The average Bonchev–Trinajstić information content (AvgIpc) is 3.26. The van der Waals surface area contributed by atoms with Gasteiger partial charge in [0.15, 0.2) is 0 Å². The average molecular weight is 430 g/mol. The van der Waals surface area contributed by atoms with Crippen LogP contribution in [0.25, 0.3) is 5.57 Å². The minimum Gasteiger partial charge on any atom is -0.392 e. The van der Waals surface area contributed by atoms with Gasteiger partial charge in [0.1, 0.15) is 0 Å². The highest BCUT2D eigenvalue weighted by atomic mass is 32.1. The van der Waals surface area contributed by atoms with E-state index in [1.807, 2.05) is 44.2 Å². The Labute approximate surface area is 184 Å². The Morgan fingerprint density at radius 2 is 1.73 bits per heavy atom. The molecule has 0 saturated heterocycles. The van der Waals surface area contributed by atoms with Gasteiger partial charge >= 0.3 is 0 Å². The predicted molar refractivity (Wildman–Crippen MR) is 128 cm³/mol. The Morgan fingerprint density at radius 1 is 1.03 bits per heavy atom. The summed E-state index contributed by atoms with van der Waals surface area (Å²) in [6, 6.07) is 10.1. The first kappa shape index (κ1) is 24.4. The van der Waals surface area contributed by atoms with Crippen LogP contribution in [0.5, 0.6) is 0 Å². The van der Waals surface area contributed by atoms with Crippen LogP contribution < -0.4 is 4.90 Å². The van der Waals surface area contributed by atoms with Crippen LogP contribution in [0, 0.1) is 0 Å². The van der Waals surface area contributed by atoms with Gasteiger partial charge < -0.3 is 20.2 Å². The molecule has 0 atom stereocenters. The zero-order valence-corrected chi connectivity index (χ0v) is 19.4. The molecule has 0 saturated carbocycles. The third kappa shape index (κ3) is 6.29. The first-order valence-corrected chi connectivity index (χ1v) is 11.5. The fourth-order valence-corrected chi connectivity index (χ4v) is 4.40. The van der Waals surface area contributed by atoms with Crippen LogP contribution in [0.15, 0.2) is 48.6 Å². The molecule has 0 radical (unpaired) electrons. The molecule has 164 valence electrons. The quantitative estimate of drug-likeness (QED) is 0.426. The first-order valence-electron chi connectivity index (χ1n) is 10.6. The number of anilines is 1. The standard InChI is InChI=1S/C25H35NO3S/c1-5-20(9-8-14-25(29,6-2)7-3)23-12-13-24(30-23)26(4)16-19-10-11-21(17-27)22(15-19)18-28/h8-15,27-29H,5-7,16-18H2,1-4H3/b14-8+,20-9+. The van der Waals surface area contributed by atoms with Crippen molar-refractivity contribution in [2.24, 2.45) is 0 Å². The van der Waals surface area contributed by atoms with Crippen molar-refractivity contribution in [1.29, 1.82) is 0 Å². The van der Waals surface area contributed by atoms with Crippen LogP contribution >= 0.6 is 11.3 Å². The van der Waals surface area contributed by atoms with Crippen LogP contribution in [0.1, 0.15) is 61.6 Å². The van der Waals surface area contributed by atoms with Gasteiger partial charge in [-0.1, -0.05) is 57.2 Å². The fraction of sp³-hybridized carbons (Fsp3) is 0.440. The van der Waals surface area contributed by atoms with Crippen molar-refractivity contribution >= 4 is 21.9 Å². The summed E-state index contributed by atoms with van der Waals surface area (Å²) >= 11 is 1.75. The second-order valence-electron chi connectivity index (χ2n) is 7.63. The molecule has 0 aliphatic carbocycles. The molecule has 1 heterocycles. The molecule has 0 spiro atoms. The maximum absolute atomic E-state index is 10.4. The van der Waals surface area contributed by atoms with Crippen molar-refractivity contribution in [3.05, 3.63) is 70.1 Å². The summed E-state index contributed by atoms with van der Waals surface area (Å²) in [5.41, 5.74) is 3.17. The number of hydrogen-bond acceptors (Lipinski definition) is 5. The van der Waals surface area contributed by atoms with Crippen molar-refractivity contribution < 1.29 is 15.3 Å². The molecular weight excluding hydrogens is 394 g/mol. The van der Waals surface area contributed by atoms with Gasteiger partial charge in [0.25, 0.3) is 0 Å². The Hall–Kier alpha value is -1.92. The third-order valence-electron chi connectivity index (χ3n) is 5.62. The Balaban J connectivity index is 2.14. The van der Waals surface area contributed by atoms with Crippen LogP contribution in [-0.4, -0.2) is 28.0 Å². The highest BCUT2D eigenvalue weighted by Crippen LogP contribution is 2.32. The smallest absolute Gasteiger partial charge is 0.0915 e. The number of aliphatic hydroxyl groups excluding tert-OH is 2. The summed E-state index contributed by atoms with van der Waals surface area (Å²) in [4.78, 5) is 3.42. The van der Waals surface area contributed by atoms with E-state index in [-0.39, 0.29) is 13.2 Å². The molecule has 5 heteroatoms. The molecular formula is C25H35NO3S. The van der Waals surface area contributed by atoms with Crippen molar-refractivity contribution in [2.45, 2.75) is 65.4 Å². The summed E-state index contributed by atoms with van der Waals surface area (Å²) in [5, 5.41) is 30.5. The summed E-state index contributed by atoms with van der Waals surface area (Å²) in [7, 11) is 2.06.